The van der Waals surface area contributed by atoms with E-state index in [0.29, 0.717) is 6.42 Å². The Bertz CT molecular complexity index is 365. The van der Waals surface area contributed by atoms with Gasteiger partial charge >= 0.3 is 0 Å². The summed E-state index contributed by atoms with van der Waals surface area (Å²) in [4.78, 5) is 0. The van der Waals surface area contributed by atoms with Gasteiger partial charge in [0.05, 0.1) is 12.5 Å². The molecule has 0 heterocycles. The minimum absolute atomic E-state index is 0.297. The van der Waals surface area contributed by atoms with E-state index in [-0.39, 0.29) is 0 Å². The lowest BCUT2D eigenvalue weighted by Gasteiger charge is -1.89. The molecule has 0 aromatic heterocycles. The Morgan fingerprint density at radius 3 is 2.92 bits per heavy atom. The summed E-state index contributed by atoms with van der Waals surface area (Å²) in [7, 11) is 0. The molecule has 0 atom stereocenters. The zero-order chi connectivity index (χ0) is 8.81. The third-order valence-electron chi connectivity index (χ3n) is 1.22. The fourth-order valence-corrected chi connectivity index (χ4v) is 1.30. The molecular weight excluding hydrogens is 261 g/mol. The lowest BCUT2D eigenvalue weighted by Crippen LogP contribution is -1.74. The number of rotatable bonds is 0. The Morgan fingerprint density at radius 2 is 2.25 bits per heavy atom. The monoisotopic (exact) mass is 267 g/mol. The molecule has 0 aliphatic carbocycles. The predicted molar refractivity (Wildman–Crippen MR) is 56.3 cm³/mol. The molecule has 1 nitrogen and oxygen atoms in total. The summed E-state index contributed by atoms with van der Waals surface area (Å²) in [6.07, 6.45) is 0.297. The van der Waals surface area contributed by atoms with Gasteiger partial charge in [-0.05, 0) is 40.8 Å². The maximum Gasteiger partial charge on any atom is 0.0966 e. The van der Waals surface area contributed by atoms with Gasteiger partial charge in [0.1, 0.15) is 0 Å². The average Bonchev–Trinajstić information content (AvgIpc) is 2.05. The molecule has 0 bridgehead atoms. The Hall–Kier alpha value is -1.000. The molecule has 0 saturated carbocycles. The molecule has 1 aromatic carbocycles. The van der Waals surface area contributed by atoms with Crippen molar-refractivity contribution in [2.45, 2.75) is 6.42 Å². The maximum atomic E-state index is 8.24. The van der Waals surface area contributed by atoms with Crippen molar-refractivity contribution in [1.82, 2.24) is 0 Å². The number of nitrogens with zero attached hydrogens (tertiary/aromatic N) is 1. The summed E-state index contributed by atoms with van der Waals surface area (Å²) in [6, 6.07) is 9.87. The van der Waals surface area contributed by atoms with Crippen LogP contribution in [0, 0.1) is 26.7 Å². The van der Waals surface area contributed by atoms with E-state index >= 15 is 0 Å². The van der Waals surface area contributed by atoms with E-state index < -0.39 is 0 Å². The van der Waals surface area contributed by atoms with Crippen LogP contribution in [0.4, 0.5) is 0 Å². The first-order chi connectivity index (χ1) is 5.83. The van der Waals surface area contributed by atoms with Crippen LogP contribution in [0.1, 0.15) is 12.0 Å². The average molecular weight is 267 g/mol. The number of nitriles is 1. The quantitative estimate of drug-likeness (QED) is 0.523. The van der Waals surface area contributed by atoms with Crippen LogP contribution in [-0.2, 0) is 0 Å². The highest BCUT2D eigenvalue weighted by Gasteiger charge is 1.86. The minimum atomic E-state index is 0.297. The van der Waals surface area contributed by atoms with Gasteiger partial charge in [-0.15, -0.1) is 0 Å². The van der Waals surface area contributed by atoms with Crippen LogP contribution in [0.3, 0.4) is 0 Å². The fourth-order valence-electron chi connectivity index (χ4n) is 0.752. The largest absolute Gasteiger partial charge is 0.197 e. The normalized spacial score (nSPS) is 8.00. The van der Waals surface area contributed by atoms with E-state index in [1.165, 1.54) is 0 Å². The van der Waals surface area contributed by atoms with Crippen LogP contribution in [0.15, 0.2) is 24.3 Å². The highest BCUT2D eigenvalue weighted by Crippen LogP contribution is 2.06. The Labute approximate surface area is 85.5 Å². The molecule has 0 unspecified atom stereocenters. The number of halogens is 1. The standard InChI is InChI=1S/C10H6IN/c11-10-6-3-5-9(8-10)4-1-2-7-12/h3,5-6,8H,2H2. The van der Waals surface area contributed by atoms with Crippen molar-refractivity contribution in [2.24, 2.45) is 0 Å². The summed E-state index contributed by atoms with van der Waals surface area (Å²) < 4.78 is 1.16. The van der Waals surface area contributed by atoms with Gasteiger partial charge in [0.25, 0.3) is 0 Å². The van der Waals surface area contributed by atoms with Crippen molar-refractivity contribution in [3.63, 3.8) is 0 Å². The molecule has 0 amide bonds. The van der Waals surface area contributed by atoms with Crippen molar-refractivity contribution in [1.29, 1.82) is 5.26 Å². The minimum Gasteiger partial charge on any atom is -0.197 e. The molecule has 0 aliphatic heterocycles. The maximum absolute atomic E-state index is 8.24. The number of hydrogen-bond donors (Lipinski definition) is 0. The summed E-state index contributed by atoms with van der Waals surface area (Å²) >= 11 is 2.23. The van der Waals surface area contributed by atoms with Crippen molar-refractivity contribution >= 4 is 22.6 Å². The SMILES string of the molecule is N#CCC#Cc1cccc(I)c1. The molecule has 12 heavy (non-hydrogen) atoms. The van der Waals surface area contributed by atoms with Crippen LogP contribution < -0.4 is 0 Å². The number of hydrogen-bond acceptors (Lipinski definition) is 1. The van der Waals surface area contributed by atoms with Gasteiger partial charge in [0.15, 0.2) is 0 Å². The molecule has 0 fully saturated rings. The van der Waals surface area contributed by atoms with E-state index in [9.17, 15) is 0 Å². The van der Waals surface area contributed by atoms with Gasteiger partial charge in [-0.2, -0.15) is 5.26 Å². The fraction of sp³-hybridized carbons (Fsp3) is 0.100. The van der Waals surface area contributed by atoms with Crippen molar-refractivity contribution in [3.8, 4) is 17.9 Å². The molecule has 0 spiro atoms. The molecule has 1 aromatic rings. The summed E-state index contributed by atoms with van der Waals surface area (Å²) in [5.74, 6) is 5.67. The van der Waals surface area contributed by atoms with Gasteiger partial charge < -0.3 is 0 Å². The number of benzene rings is 1. The second-order valence-electron chi connectivity index (χ2n) is 2.15. The first-order valence-electron chi connectivity index (χ1n) is 3.44. The Kier molecular flexibility index (Phi) is 3.63. The smallest absolute Gasteiger partial charge is 0.0966 e. The van der Waals surface area contributed by atoms with Gasteiger partial charge in [-0.25, -0.2) is 0 Å². The summed E-state index contributed by atoms with van der Waals surface area (Å²) in [6.45, 7) is 0. The molecule has 0 aliphatic rings. The van der Waals surface area contributed by atoms with Crippen molar-refractivity contribution < 1.29 is 0 Å². The van der Waals surface area contributed by atoms with Crippen LogP contribution >= 0.6 is 22.6 Å². The predicted octanol–water partition coefficient (Wildman–Crippen LogP) is 2.56. The second kappa shape index (κ2) is 4.79. The summed E-state index contributed by atoms with van der Waals surface area (Å²) in [5, 5.41) is 8.24. The molecule has 0 radical (unpaired) electrons. The Balaban J connectivity index is 2.79. The van der Waals surface area contributed by atoms with E-state index in [4.69, 9.17) is 5.26 Å². The second-order valence-corrected chi connectivity index (χ2v) is 3.39. The topological polar surface area (TPSA) is 23.8 Å². The van der Waals surface area contributed by atoms with Gasteiger partial charge in [-0.3, -0.25) is 0 Å². The molecule has 0 saturated heterocycles. The van der Waals surface area contributed by atoms with E-state index in [2.05, 4.69) is 34.4 Å². The van der Waals surface area contributed by atoms with Crippen molar-refractivity contribution in [2.75, 3.05) is 0 Å². The first-order valence-corrected chi connectivity index (χ1v) is 4.52. The van der Waals surface area contributed by atoms with Crippen LogP contribution in [0.25, 0.3) is 0 Å². The van der Waals surface area contributed by atoms with Crippen LogP contribution in [-0.4, -0.2) is 0 Å². The van der Waals surface area contributed by atoms with Gasteiger partial charge in [-0.1, -0.05) is 17.9 Å². The molecule has 1 rings (SSSR count). The van der Waals surface area contributed by atoms with E-state index in [1.807, 2.05) is 30.3 Å². The molecule has 2 heteroatoms. The lowest BCUT2D eigenvalue weighted by molar-refractivity contribution is 1.39. The van der Waals surface area contributed by atoms with Crippen LogP contribution in [0.2, 0.25) is 0 Å². The first kappa shape index (κ1) is 9.09. The van der Waals surface area contributed by atoms with E-state index in [0.717, 1.165) is 9.13 Å². The molecule has 58 valence electrons. The zero-order valence-corrected chi connectivity index (χ0v) is 8.50. The molecule has 0 N–H and O–H groups in total. The molecular formula is C10H6IN. The van der Waals surface area contributed by atoms with Crippen molar-refractivity contribution in [3.05, 3.63) is 33.4 Å². The third-order valence-corrected chi connectivity index (χ3v) is 1.90. The lowest BCUT2D eigenvalue weighted by atomic mass is 10.2. The summed E-state index contributed by atoms with van der Waals surface area (Å²) in [5.41, 5.74) is 0.970. The Morgan fingerprint density at radius 1 is 1.42 bits per heavy atom. The zero-order valence-electron chi connectivity index (χ0n) is 6.34. The van der Waals surface area contributed by atoms with Gasteiger partial charge in [0, 0.05) is 9.13 Å². The third kappa shape index (κ3) is 2.94. The van der Waals surface area contributed by atoms with Crippen LogP contribution in [0.5, 0.6) is 0 Å². The highest BCUT2D eigenvalue weighted by molar-refractivity contribution is 14.1. The van der Waals surface area contributed by atoms with Gasteiger partial charge in [0.2, 0.25) is 0 Å². The highest BCUT2D eigenvalue weighted by atomic mass is 127. The van der Waals surface area contributed by atoms with E-state index in [1.54, 1.807) is 0 Å².